The van der Waals surface area contributed by atoms with Crippen molar-refractivity contribution >= 4 is 23.3 Å². The fourth-order valence-electron chi connectivity index (χ4n) is 6.22. The SMILES string of the molecule is CCNc1nc(C(=O)NCN(CC(O)C(O)C(O)C(O)CO)CC(O)C(O)C(O)C(O)CO)c(NCC)nc1C(=O)CCN(CC(O)C(O)C(O)C(O)CO)CC(O)C(O)C(O)C(O)CO. The molecule has 0 spiro atoms. The van der Waals surface area contributed by atoms with Gasteiger partial charge in [0, 0.05) is 52.2 Å². The van der Waals surface area contributed by atoms with Crippen molar-refractivity contribution in [3.8, 4) is 0 Å². The van der Waals surface area contributed by atoms with Crippen LogP contribution in [0.25, 0.3) is 0 Å². The number of carbonyl (C=O) groups excluding carboxylic acids is 2. The number of nitrogens with zero attached hydrogens (tertiary/aromatic N) is 4. The molecule has 0 aliphatic carbocycles. The minimum atomic E-state index is -2.12. The van der Waals surface area contributed by atoms with Crippen LogP contribution in [0.5, 0.6) is 0 Å². The molecule has 29 nitrogen and oxygen atoms in total. The lowest BCUT2D eigenvalue weighted by Crippen LogP contribution is -2.54. The minimum Gasteiger partial charge on any atom is -0.394 e. The molecule has 1 aromatic rings. The summed E-state index contributed by atoms with van der Waals surface area (Å²) < 4.78 is 0. The summed E-state index contributed by atoms with van der Waals surface area (Å²) in [5, 5.41) is 208. The second-order valence-corrected chi connectivity index (χ2v) is 15.5. The molecule has 1 aromatic heterocycles. The number of ketones is 1. The van der Waals surface area contributed by atoms with Gasteiger partial charge >= 0.3 is 0 Å². The molecule has 1 amide bonds. The summed E-state index contributed by atoms with van der Waals surface area (Å²) in [7, 11) is 0. The van der Waals surface area contributed by atoms with Crippen LogP contribution in [0, 0.1) is 0 Å². The largest absolute Gasteiger partial charge is 0.394 e. The molecule has 386 valence electrons. The van der Waals surface area contributed by atoms with E-state index >= 15 is 0 Å². The van der Waals surface area contributed by atoms with Crippen molar-refractivity contribution in [2.45, 2.75) is 118 Å². The lowest BCUT2D eigenvalue weighted by atomic mass is 10.0. The Morgan fingerprint density at radius 1 is 0.455 bits per heavy atom. The van der Waals surface area contributed by atoms with Crippen LogP contribution in [0.2, 0.25) is 0 Å². The van der Waals surface area contributed by atoms with Gasteiger partial charge in [0.2, 0.25) is 0 Å². The van der Waals surface area contributed by atoms with Gasteiger partial charge < -0.3 is 118 Å². The van der Waals surface area contributed by atoms with Crippen molar-refractivity contribution in [2.75, 3.05) is 89.5 Å². The third-order valence-electron chi connectivity index (χ3n) is 10.3. The summed E-state index contributed by atoms with van der Waals surface area (Å²) in [5.41, 5.74) is -0.812. The number of nitrogens with one attached hydrogen (secondary N) is 3. The molecule has 0 aliphatic rings. The summed E-state index contributed by atoms with van der Waals surface area (Å²) in [5.74, 6) is -2.34. The number of aliphatic hydroxyl groups is 20. The number of hydrogen-bond acceptors (Lipinski definition) is 28. The van der Waals surface area contributed by atoms with Crippen molar-refractivity contribution in [1.29, 1.82) is 0 Å². The second-order valence-electron chi connectivity index (χ2n) is 15.5. The first-order valence-electron chi connectivity index (χ1n) is 20.9. The Morgan fingerprint density at radius 2 is 0.742 bits per heavy atom. The van der Waals surface area contributed by atoms with Crippen LogP contribution in [0.1, 0.15) is 41.2 Å². The Bertz CT molecular complexity index is 1380. The van der Waals surface area contributed by atoms with E-state index in [4.69, 9.17) is 20.4 Å². The zero-order chi connectivity index (χ0) is 50.6. The van der Waals surface area contributed by atoms with Gasteiger partial charge in [-0.2, -0.15) is 0 Å². The highest BCUT2D eigenvalue weighted by Crippen LogP contribution is 2.21. The zero-order valence-electron chi connectivity index (χ0n) is 36.5. The van der Waals surface area contributed by atoms with Crippen molar-refractivity contribution in [1.82, 2.24) is 25.1 Å². The number of amides is 1. The summed E-state index contributed by atoms with van der Waals surface area (Å²) in [6, 6.07) is 0. The predicted octanol–water partition coefficient (Wildman–Crippen LogP) is -12.1. The maximum atomic E-state index is 13.8. The topological polar surface area (TPSA) is 507 Å². The van der Waals surface area contributed by atoms with Gasteiger partial charge in [-0.15, -0.1) is 0 Å². The second kappa shape index (κ2) is 30.4. The van der Waals surface area contributed by atoms with Gasteiger partial charge in [0.05, 0.1) is 57.5 Å². The smallest absolute Gasteiger partial charge is 0.274 e. The molecule has 0 fully saturated rings. The van der Waals surface area contributed by atoms with Crippen molar-refractivity contribution in [3.05, 3.63) is 11.4 Å². The third kappa shape index (κ3) is 18.4. The van der Waals surface area contributed by atoms with E-state index < -0.39 is 187 Å². The number of aliphatic hydroxyl groups excluding tert-OH is 20. The van der Waals surface area contributed by atoms with E-state index in [1.165, 1.54) is 0 Å². The van der Waals surface area contributed by atoms with Crippen molar-refractivity contribution in [2.24, 2.45) is 0 Å². The Hall–Kier alpha value is -3.06. The Labute approximate surface area is 378 Å². The van der Waals surface area contributed by atoms with Crippen LogP contribution in [0.3, 0.4) is 0 Å². The molecular formula is C37H71N7O22. The van der Waals surface area contributed by atoms with Crippen LogP contribution < -0.4 is 16.0 Å². The third-order valence-corrected chi connectivity index (χ3v) is 10.3. The monoisotopic (exact) mass is 965 g/mol. The van der Waals surface area contributed by atoms with Gasteiger partial charge in [-0.05, 0) is 13.8 Å². The van der Waals surface area contributed by atoms with Gasteiger partial charge in [-0.25, -0.2) is 9.97 Å². The van der Waals surface area contributed by atoms with E-state index in [0.717, 1.165) is 9.80 Å². The van der Waals surface area contributed by atoms with Crippen LogP contribution in [-0.2, 0) is 0 Å². The van der Waals surface area contributed by atoms with Crippen LogP contribution in [0.15, 0.2) is 0 Å². The molecule has 29 heteroatoms. The maximum Gasteiger partial charge on any atom is 0.274 e. The van der Waals surface area contributed by atoms with E-state index in [9.17, 15) is 91.3 Å². The number of anilines is 2. The first kappa shape index (κ1) is 61.0. The maximum absolute atomic E-state index is 13.8. The summed E-state index contributed by atoms with van der Waals surface area (Å²) >= 11 is 0. The normalized spacial score (nSPS) is 19.6. The van der Waals surface area contributed by atoms with Gasteiger partial charge in [0.1, 0.15) is 73.2 Å². The van der Waals surface area contributed by atoms with Crippen molar-refractivity contribution < 1.29 is 112 Å². The van der Waals surface area contributed by atoms with E-state index in [-0.39, 0.29) is 30.4 Å². The molecule has 1 rings (SSSR count). The number of hydrogen-bond donors (Lipinski definition) is 23. The number of rotatable bonds is 35. The molecule has 23 N–H and O–H groups in total. The van der Waals surface area contributed by atoms with E-state index in [1.54, 1.807) is 13.8 Å². The number of Topliss-reactive ketones (excluding diaryl/α,β-unsaturated/α-hetero) is 1. The lowest BCUT2D eigenvalue weighted by molar-refractivity contribution is -0.130. The van der Waals surface area contributed by atoms with Crippen LogP contribution in [0.4, 0.5) is 11.6 Å². The summed E-state index contributed by atoms with van der Waals surface area (Å²) in [4.78, 5) is 38.2. The standard InChI is InChI=1S/C37H71N7O22/c1-3-38-35-25(16(49)5-6-43(7-17(50)27(58)31(62)21(54)11-45)8-18(51)28(59)32(63)22(55)12-46)41-36(39-4-2)26(42-35)37(66)40-15-44(9-19(52)29(60)33(64)23(56)13-47)10-20(53)30(61)34(65)24(57)14-48/h17-24,27-34,45-48,50-65H,3-15H2,1-2H3,(H,38,42)(H,39,41)(H,40,66). The van der Waals surface area contributed by atoms with Gasteiger partial charge in [-0.3, -0.25) is 19.4 Å². The molecule has 0 bridgehead atoms. The molecule has 16 atom stereocenters. The molecule has 1 heterocycles. The highest BCUT2D eigenvalue weighted by atomic mass is 16.4. The average Bonchev–Trinajstić information content (AvgIpc) is 3.31. The van der Waals surface area contributed by atoms with Gasteiger partial charge in [-0.1, -0.05) is 0 Å². The molecule has 66 heavy (non-hydrogen) atoms. The Morgan fingerprint density at radius 3 is 1.06 bits per heavy atom. The fourth-order valence-corrected chi connectivity index (χ4v) is 6.22. The highest BCUT2D eigenvalue weighted by Gasteiger charge is 2.37. The molecule has 16 unspecified atom stereocenters. The molecule has 0 aliphatic heterocycles. The molecule has 0 saturated heterocycles. The van der Waals surface area contributed by atoms with Gasteiger partial charge in [0.15, 0.2) is 28.8 Å². The molecule has 0 radical (unpaired) electrons. The Balaban J connectivity index is 3.55. The number of aromatic nitrogens is 2. The van der Waals surface area contributed by atoms with Crippen LogP contribution in [-0.4, -0.2) is 310 Å². The first-order valence-corrected chi connectivity index (χ1v) is 20.9. The first-order chi connectivity index (χ1) is 30.9. The lowest BCUT2D eigenvalue weighted by Gasteiger charge is -2.33. The molecule has 0 saturated carbocycles. The van der Waals surface area contributed by atoms with Crippen LogP contribution >= 0.6 is 0 Å². The van der Waals surface area contributed by atoms with E-state index in [2.05, 4.69) is 25.9 Å². The molecular weight excluding hydrogens is 894 g/mol. The average molecular weight is 966 g/mol. The molecule has 0 aromatic carbocycles. The van der Waals surface area contributed by atoms with E-state index in [1.807, 2.05) is 0 Å². The Kier molecular flexibility index (Phi) is 28.1. The van der Waals surface area contributed by atoms with Crippen molar-refractivity contribution in [3.63, 3.8) is 0 Å². The fraction of sp³-hybridized carbons (Fsp3) is 0.838. The predicted molar refractivity (Wildman–Crippen MR) is 224 cm³/mol. The summed E-state index contributed by atoms with van der Waals surface area (Å²) in [6.07, 6.45) is -32.6. The zero-order valence-corrected chi connectivity index (χ0v) is 36.5. The van der Waals surface area contributed by atoms with E-state index in [0.29, 0.717) is 0 Å². The van der Waals surface area contributed by atoms with Gasteiger partial charge in [0.25, 0.3) is 5.91 Å². The minimum absolute atomic E-state index is 0.0926. The number of carbonyl (C=O) groups is 2. The highest BCUT2D eigenvalue weighted by molar-refractivity contribution is 6.02. The summed E-state index contributed by atoms with van der Waals surface area (Å²) in [6.45, 7) is -4.55. The quantitative estimate of drug-likeness (QED) is 0.0222.